The quantitative estimate of drug-likeness (QED) is 0.327. The molecule has 2 N–H and O–H groups in total. The third kappa shape index (κ3) is 5.42. The Hall–Kier alpha value is -4.78. The van der Waals surface area contributed by atoms with Gasteiger partial charge in [-0.25, -0.2) is 4.79 Å². The molecule has 0 saturated heterocycles. The largest absolute Gasteiger partial charge is 0.339 e. The van der Waals surface area contributed by atoms with Crippen LogP contribution in [-0.4, -0.2) is 21.2 Å². The SMILES string of the molecule is O=C(Nc1ccccc1Cc1nc(-c2ccncc2)no1)NC(c1ccccc1)c1ccccc1. The fourth-order valence-corrected chi connectivity index (χ4v) is 3.84. The van der Waals surface area contributed by atoms with Crippen molar-refractivity contribution in [2.75, 3.05) is 5.32 Å². The van der Waals surface area contributed by atoms with Gasteiger partial charge >= 0.3 is 6.03 Å². The van der Waals surface area contributed by atoms with E-state index in [0.717, 1.165) is 22.3 Å². The van der Waals surface area contributed by atoms with Crippen LogP contribution < -0.4 is 10.6 Å². The molecule has 5 aromatic rings. The second-order valence-corrected chi connectivity index (χ2v) is 7.93. The van der Waals surface area contributed by atoms with Gasteiger partial charge in [0.05, 0.1) is 12.5 Å². The predicted octanol–water partition coefficient (Wildman–Crippen LogP) is 5.63. The summed E-state index contributed by atoms with van der Waals surface area (Å²) in [5.74, 6) is 0.956. The molecule has 0 aliphatic carbocycles. The van der Waals surface area contributed by atoms with E-state index >= 15 is 0 Å². The molecule has 0 bridgehead atoms. The van der Waals surface area contributed by atoms with E-state index in [-0.39, 0.29) is 12.1 Å². The highest BCUT2D eigenvalue weighted by atomic mass is 16.5. The van der Waals surface area contributed by atoms with Gasteiger partial charge in [-0.1, -0.05) is 84.0 Å². The summed E-state index contributed by atoms with van der Waals surface area (Å²) in [5.41, 5.74) is 4.36. The first-order valence-electron chi connectivity index (χ1n) is 11.2. The van der Waals surface area contributed by atoms with Crippen molar-refractivity contribution in [3.8, 4) is 11.4 Å². The minimum Gasteiger partial charge on any atom is -0.339 e. The van der Waals surface area contributed by atoms with Crippen molar-refractivity contribution < 1.29 is 9.32 Å². The zero-order valence-electron chi connectivity index (χ0n) is 18.8. The maximum absolute atomic E-state index is 13.1. The standard InChI is InChI=1S/C28H23N5O2/c34-28(32-26(20-9-3-1-4-10-20)21-11-5-2-6-12-21)30-24-14-8-7-13-23(24)19-25-31-27(33-35-25)22-15-17-29-18-16-22/h1-18,26H,19H2,(H2,30,32,34). The summed E-state index contributed by atoms with van der Waals surface area (Å²) < 4.78 is 5.45. The molecule has 172 valence electrons. The normalized spacial score (nSPS) is 10.8. The van der Waals surface area contributed by atoms with E-state index in [0.29, 0.717) is 23.8 Å². The number of pyridine rings is 1. The zero-order chi connectivity index (χ0) is 23.9. The molecular formula is C28H23N5O2. The number of hydrogen-bond acceptors (Lipinski definition) is 5. The fraction of sp³-hybridized carbons (Fsp3) is 0.0714. The number of amides is 2. The number of urea groups is 1. The first-order chi connectivity index (χ1) is 17.3. The number of carbonyl (C=O) groups is 1. The lowest BCUT2D eigenvalue weighted by Gasteiger charge is -2.21. The molecule has 0 atom stereocenters. The Labute approximate surface area is 202 Å². The van der Waals surface area contributed by atoms with Crippen LogP contribution in [0.15, 0.2) is 114 Å². The summed E-state index contributed by atoms with van der Waals surface area (Å²) in [6.45, 7) is 0. The Morgan fingerprint density at radius 2 is 1.43 bits per heavy atom. The monoisotopic (exact) mass is 461 g/mol. The third-order valence-electron chi connectivity index (χ3n) is 5.56. The van der Waals surface area contributed by atoms with Crippen molar-refractivity contribution in [2.45, 2.75) is 12.5 Å². The molecule has 3 aromatic carbocycles. The van der Waals surface area contributed by atoms with Gasteiger partial charge in [-0.3, -0.25) is 4.98 Å². The molecule has 2 amide bonds. The number of benzene rings is 3. The number of nitrogens with one attached hydrogen (secondary N) is 2. The van der Waals surface area contributed by atoms with E-state index in [9.17, 15) is 4.79 Å². The summed E-state index contributed by atoms with van der Waals surface area (Å²) in [5, 5.41) is 10.2. The van der Waals surface area contributed by atoms with E-state index < -0.39 is 0 Å². The summed E-state index contributed by atoms with van der Waals surface area (Å²) in [7, 11) is 0. The van der Waals surface area contributed by atoms with Crippen LogP contribution in [0.25, 0.3) is 11.4 Å². The highest BCUT2D eigenvalue weighted by molar-refractivity contribution is 5.90. The lowest BCUT2D eigenvalue weighted by molar-refractivity contribution is 0.250. The van der Waals surface area contributed by atoms with Crippen molar-refractivity contribution in [3.63, 3.8) is 0 Å². The lowest BCUT2D eigenvalue weighted by atomic mass is 9.99. The molecule has 0 unspecified atom stereocenters. The Morgan fingerprint density at radius 1 is 0.800 bits per heavy atom. The van der Waals surface area contributed by atoms with Gasteiger partial charge < -0.3 is 15.2 Å². The van der Waals surface area contributed by atoms with E-state index in [2.05, 4.69) is 25.8 Å². The van der Waals surface area contributed by atoms with E-state index in [4.69, 9.17) is 4.52 Å². The van der Waals surface area contributed by atoms with Gasteiger partial charge in [-0.15, -0.1) is 0 Å². The average Bonchev–Trinajstić information content (AvgIpc) is 3.38. The van der Waals surface area contributed by atoms with Crippen LogP contribution in [0, 0.1) is 0 Å². The number of rotatable bonds is 7. The predicted molar refractivity (Wildman–Crippen MR) is 134 cm³/mol. The number of carbonyl (C=O) groups excluding carboxylic acids is 1. The lowest BCUT2D eigenvalue weighted by Crippen LogP contribution is -2.33. The van der Waals surface area contributed by atoms with Gasteiger partial charge in [-0.2, -0.15) is 4.98 Å². The molecular weight excluding hydrogens is 438 g/mol. The van der Waals surface area contributed by atoms with Gasteiger partial charge in [-0.05, 0) is 34.9 Å². The van der Waals surface area contributed by atoms with E-state index in [1.165, 1.54) is 0 Å². The molecule has 7 heteroatoms. The van der Waals surface area contributed by atoms with Crippen LogP contribution >= 0.6 is 0 Å². The van der Waals surface area contributed by atoms with Gasteiger partial charge in [0.1, 0.15) is 0 Å². The Kier molecular flexibility index (Phi) is 6.57. The minimum atomic E-state index is -0.307. The summed E-state index contributed by atoms with van der Waals surface area (Å²) >= 11 is 0. The van der Waals surface area contributed by atoms with Gasteiger partial charge in [0, 0.05) is 23.6 Å². The number of aromatic nitrogens is 3. The van der Waals surface area contributed by atoms with Crippen LogP contribution in [0.2, 0.25) is 0 Å². The van der Waals surface area contributed by atoms with Crippen molar-refractivity contribution in [1.82, 2.24) is 20.4 Å². The summed E-state index contributed by atoms with van der Waals surface area (Å²) in [6.07, 6.45) is 3.75. The Bertz CT molecular complexity index is 1350. The highest BCUT2D eigenvalue weighted by Crippen LogP contribution is 2.24. The third-order valence-corrected chi connectivity index (χ3v) is 5.56. The first kappa shape index (κ1) is 22.0. The van der Waals surface area contributed by atoms with Crippen molar-refractivity contribution in [1.29, 1.82) is 0 Å². The van der Waals surface area contributed by atoms with Crippen molar-refractivity contribution >= 4 is 11.7 Å². The number of nitrogens with zero attached hydrogens (tertiary/aromatic N) is 3. The van der Waals surface area contributed by atoms with Crippen LogP contribution in [0.1, 0.15) is 28.6 Å². The maximum atomic E-state index is 13.1. The number of anilines is 1. The van der Waals surface area contributed by atoms with Gasteiger partial charge in [0.25, 0.3) is 0 Å². The molecule has 0 radical (unpaired) electrons. The summed E-state index contributed by atoms with van der Waals surface area (Å²) in [4.78, 5) is 21.6. The average molecular weight is 462 g/mol. The molecule has 0 spiro atoms. The van der Waals surface area contributed by atoms with Crippen molar-refractivity contribution in [2.24, 2.45) is 0 Å². The second kappa shape index (κ2) is 10.4. The van der Waals surface area contributed by atoms with E-state index in [1.54, 1.807) is 12.4 Å². The van der Waals surface area contributed by atoms with Crippen LogP contribution in [0.3, 0.4) is 0 Å². The Morgan fingerprint density at radius 3 is 2.11 bits per heavy atom. The Balaban J connectivity index is 1.33. The summed E-state index contributed by atoms with van der Waals surface area (Å²) in [6, 6.07) is 30.4. The molecule has 0 fully saturated rings. The van der Waals surface area contributed by atoms with Gasteiger partial charge in [0.15, 0.2) is 0 Å². The van der Waals surface area contributed by atoms with Crippen molar-refractivity contribution in [3.05, 3.63) is 132 Å². The topological polar surface area (TPSA) is 92.9 Å². The molecule has 35 heavy (non-hydrogen) atoms. The molecule has 0 aliphatic rings. The second-order valence-electron chi connectivity index (χ2n) is 7.93. The van der Waals surface area contributed by atoms with Gasteiger partial charge in [0.2, 0.25) is 11.7 Å². The minimum absolute atomic E-state index is 0.288. The van der Waals surface area contributed by atoms with Crippen LogP contribution in [-0.2, 0) is 6.42 Å². The zero-order valence-corrected chi connectivity index (χ0v) is 18.8. The molecule has 2 aromatic heterocycles. The molecule has 0 saturated carbocycles. The molecule has 2 heterocycles. The molecule has 5 rings (SSSR count). The first-order valence-corrected chi connectivity index (χ1v) is 11.2. The molecule has 0 aliphatic heterocycles. The van der Waals surface area contributed by atoms with E-state index in [1.807, 2.05) is 97.1 Å². The van der Waals surface area contributed by atoms with Crippen LogP contribution in [0.5, 0.6) is 0 Å². The number of hydrogen-bond donors (Lipinski definition) is 2. The van der Waals surface area contributed by atoms with Crippen LogP contribution in [0.4, 0.5) is 10.5 Å². The molecule has 7 nitrogen and oxygen atoms in total. The smallest absolute Gasteiger partial charge is 0.319 e. The fourth-order valence-electron chi connectivity index (χ4n) is 3.84. The highest BCUT2D eigenvalue weighted by Gasteiger charge is 2.18. The maximum Gasteiger partial charge on any atom is 0.319 e. The number of para-hydroxylation sites is 1.